The monoisotopic (exact) mass is 298 g/mol. The predicted molar refractivity (Wildman–Crippen MR) is 86.5 cm³/mol. The first kappa shape index (κ1) is 14.3. The maximum Gasteiger partial charge on any atom is 0.311 e. The molecule has 0 aromatic heterocycles. The number of rotatable bonds is 3. The van der Waals surface area contributed by atoms with E-state index in [4.69, 9.17) is 4.74 Å². The minimum absolute atomic E-state index is 0.0507. The Morgan fingerprint density at radius 2 is 1.91 bits per heavy atom. The van der Waals surface area contributed by atoms with E-state index in [0.717, 1.165) is 19.3 Å². The second-order valence-corrected chi connectivity index (χ2v) is 8.28. The fourth-order valence-electron chi connectivity index (χ4n) is 6.59. The number of ether oxygens (including phenoxy) is 1. The molecule has 4 saturated carbocycles. The average Bonchev–Trinajstić information content (AvgIpc) is 2.54. The largest absolute Gasteiger partial charge is 0.469 e. The van der Waals surface area contributed by atoms with Crippen LogP contribution >= 0.6 is 0 Å². The summed E-state index contributed by atoms with van der Waals surface area (Å²) in [6.45, 7) is 2.32. The van der Waals surface area contributed by atoms with Gasteiger partial charge in [0.15, 0.2) is 0 Å². The summed E-state index contributed by atoms with van der Waals surface area (Å²) in [5.74, 6) is 0.741. The van der Waals surface area contributed by atoms with Crippen LogP contribution in [0.5, 0.6) is 0 Å². The normalized spacial score (nSPS) is 42.4. The van der Waals surface area contributed by atoms with Crippen LogP contribution in [0.4, 0.5) is 0 Å². The summed E-state index contributed by atoms with van der Waals surface area (Å²) in [5.41, 5.74) is 1.78. The van der Waals surface area contributed by atoms with Gasteiger partial charge in [-0.3, -0.25) is 4.79 Å². The molecule has 2 nitrogen and oxygen atoms in total. The summed E-state index contributed by atoms with van der Waals surface area (Å²) in [6.07, 6.45) is 8.13. The van der Waals surface area contributed by atoms with Crippen LogP contribution in [0.15, 0.2) is 30.3 Å². The molecular weight excluding hydrogens is 272 g/mol. The molecule has 22 heavy (non-hydrogen) atoms. The Hall–Kier alpha value is -1.31. The van der Waals surface area contributed by atoms with E-state index in [1.165, 1.54) is 31.2 Å². The van der Waals surface area contributed by atoms with E-state index in [0.29, 0.717) is 11.3 Å². The molecule has 4 aliphatic carbocycles. The molecule has 4 atom stereocenters. The number of hydrogen-bond donors (Lipinski definition) is 0. The fourth-order valence-corrected chi connectivity index (χ4v) is 6.59. The number of benzene rings is 1. The highest BCUT2D eigenvalue weighted by Gasteiger charge is 2.65. The zero-order valence-electron chi connectivity index (χ0n) is 13.7. The number of carbonyl (C=O) groups is 1. The van der Waals surface area contributed by atoms with E-state index in [2.05, 4.69) is 37.3 Å². The third kappa shape index (κ3) is 1.82. The molecule has 0 heterocycles. The van der Waals surface area contributed by atoms with Gasteiger partial charge in [0.25, 0.3) is 0 Å². The summed E-state index contributed by atoms with van der Waals surface area (Å²) >= 11 is 0. The summed E-state index contributed by atoms with van der Waals surface area (Å²) in [6, 6.07) is 11.0. The van der Waals surface area contributed by atoms with Crippen LogP contribution in [-0.4, -0.2) is 13.1 Å². The highest BCUT2D eigenvalue weighted by molar-refractivity contribution is 5.78. The molecule has 118 valence electrons. The number of carbonyl (C=O) groups excluding carboxylic acids is 1. The van der Waals surface area contributed by atoms with Crippen molar-refractivity contribution in [2.75, 3.05) is 7.11 Å². The Balaban J connectivity index is 1.83. The Kier molecular flexibility index (Phi) is 2.99. The van der Waals surface area contributed by atoms with Crippen LogP contribution in [0.25, 0.3) is 0 Å². The summed E-state index contributed by atoms with van der Waals surface area (Å²) in [4.78, 5) is 12.7. The van der Waals surface area contributed by atoms with Crippen molar-refractivity contribution in [2.24, 2.45) is 16.7 Å². The van der Waals surface area contributed by atoms with Gasteiger partial charge in [0.1, 0.15) is 0 Å². The minimum Gasteiger partial charge on any atom is -0.469 e. The third-order valence-corrected chi connectivity index (χ3v) is 6.94. The highest BCUT2D eigenvalue weighted by Crippen LogP contribution is 2.71. The van der Waals surface area contributed by atoms with Gasteiger partial charge in [-0.25, -0.2) is 0 Å². The Morgan fingerprint density at radius 1 is 1.14 bits per heavy atom. The third-order valence-electron chi connectivity index (χ3n) is 6.94. The number of methoxy groups -OCH3 is 1. The lowest BCUT2D eigenvalue weighted by Gasteiger charge is -2.66. The van der Waals surface area contributed by atoms with Gasteiger partial charge >= 0.3 is 5.97 Å². The molecule has 0 radical (unpaired) electrons. The Morgan fingerprint density at radius 3 is 2.59 bits per heavy atom. The van der Waals surface area contributed by atoms with Crippen LogP contribution in [0.1, 0.15) is 57.4 Å². The molecule has 4 fully saturated rings. The summed E-state index contributed by atoms with van der Waals surface area (Å²) in [7, 11) is 1.56. The summed E-state index contributed by atoms with van der Waals surface area (Å²) < 4.78 is 5.27. The van der Waals surface area contributed by atoms with Crippen molar-refractivity contribution in [1.82, 2.24) is 0 Å². The molecule has 0 spiro atoms. The van der Waals surface area contributed by atoms with Crippen molar-refractivity contribution < 1.29 is 9.53 Å². The van der Waals surface area contributed by atoms with E-state index >= 15 is 0 Å². The first-order valence-electron chi connectivity index (χ1n) is 8.69. The van der Waals surface area contributed by atoms with Gasteiger partial charge in [-0.1, -0.05) is 43.7 Å². The Bertz CT molecular complexity index is 595. The van der Waals surface area contributed by atoms with Crippen LogP contribution in [0.3, 0.4) is 0 Å². The van der Waals surface area contributed by atoms with Crippen LogP contribution in [0.2, 0.25) is 0 Å². The number of esters is 1. The first-order valence-corrected chi connectivity index (χ1v) is 8.69. The molecule has 0 amide bonds. The zero-order valence-corrected chi connectivity index (χ0v) is 13.7. The highest BCUT2D eigenvalue weighted by atomic mass is 16.5. The van der Waals surface area contributed by atoms with Gasteiger partial charge < -0.3 is 4.74 Å². The van der Waals surface area contributed by atoms with Gasteiger partial charge in [-0.2, -0.15) is 0 Å². The van der Waals surface area contributed by atoms with Gasteiger partial charge in [0.2, 0.25) is 0 Å². The van der Waals surface area contributed by atoms with Crippen LogP contribution in [-0.2, 0) is 14.9 Å². The molecule has 5 rings (SSSR count). The van der Waals surface area contributed by atoms with Gasteiger partial charge in [-0.15, -0.1) is 0 Å². The molecule has 1 aromatic carbocycles. The molecule has 1 aromatic rings. The number of hydrogen-bond acceptors (Lipinski definition) is 2. The molecule has 4 bridgehead atoms. The smallest absolute Gasteiger partial charge is 0.311 e. The van der Waals surface area contributed by atoms with Crippen molar-refractivity contribution in [3.63, 3.8) is 0 Å². The van der Waals surface area contributed by atoms with Crippen molar-refractivity contribution in [3.8, 4) is 0 Å². The Labute approximate surface area is 133 Å². The van der Waals surface area contributed by atoms with Gasteiger partial charge in [-0.05, 0) is 60.8 Å². The van der Waals surface area contributed by atoms with Crippen molar-refractivity contribution in [2.45, 2.75) is 57.3 Å². The van der Waals surface area contributed by atoms with E-state index < -0.39 is 0 Å². The van der Waals surface area contributed by atoms with Crippen LogP contribution in [0, 0.1) is 16.7 Å². The van der Waals surface area contributed by atoms with E-state index in [-0.39, 0.29) is 16.8 Å². The maximum absolute atomic E-state index is 12.7. The lowest BCUT2D eigenvalue weighted by Crippen LogP contribution is -2.61. The second kappa shape index (κ2) is 4.59. The van der Waals surface area contributed by atoms with Crippen molar-refractivity contribution >= 4 is 5.97 Å². The standard InChI is InChI=1S/C20H26O2/c1-3-18-9-15-10-19(12-18,16-7-5-4-6-8-16)14-20(11-15,13-18)17(21)22-2/h4-8,15H,3,9-14H2,1-2H3. The van der Waals surface area contributed by atoms with E-state index in [9.17, 15) is 4.79 Å². The molecule has 4 aliphatic rings. The second-order valence-electron chi connectivity index (χ2n) is 8.28. The average molecular weight is 298 g/mol. The lowest BCUT2D eigenvalue weighted by molar-refractivity contribution is -0.182. The van der Waals surface area contributed by atoms with E-state index in [1.807, 2.05) is 0 Å². The predicted octanol–water partition coefficient (Wildman–Crippen LogP) is 4.48. The SMILES string of the molecule is CCC12CC3CC(C(=O)OC)(C1)CC(c1ccccc1)(C3)C2. The van der Waals surface area contributed by atoms with Gasteiger partial charge in [0.05, 0.1) is 12.5 Å². The first-order chi connectivity index (χ1) is 10.6. The molecule has 2 heteroatoms. The molecule has 4 unspecified atom stereocenters. The quantitative estimate of drug-likeness (QED) is 0.769. The molecule has 0 aliphatic heterocycles. The molecule has 0 saturated heterocycles. The van der Waals surface area contributed by atoms with Crippen LogP contribution < -0.4 is 0 Å². The lowest BCUT2D eigenvalue weighted by atomic mass is 9.38. The molecular formula is C20H26O2. The summed E-state index contributed by atoms with van der Waals surface area (Å²) in [5, 5.41) is 0. The minimum atomic E-state index is -0.222. The van der Waals surface area contributed by atoms with Crippen molar-refractivity contribution in [1.29, 1.82) is 0 Å². The van der Waals surface area contributed by atoms with E-state index in [1.54, 1.807) is 7.11 Å². The fraction of sp³-hybridized carbons (Fsp3) is 0.650. The zero-order chi connectivity index (χ0) is 15.4. The topological polar surface area (TPSA) is 26.3 Å². The molecule has 0 N–H and O–H groups in total. The van der Waals surface area contributed by atoms with Gasteiger partial charge in [0, 0.05) is 0 Å². The maximum atomic E-state index is 12.7. The van der Waals surface area contributed by atoms with Crippen molar-refractivity contribution in [3.05, 3.63) is 35.9 Å².